The number of benzene rings is 1. The maximum atomic E-state index is 12.5. The summed E-state index contributed by atoms with van der Waals surface area (Å²) in [6.07, 6.45) is 2.80. The fourth-order valence-corrected chi connectivity index (χ4v) is 5.67. The quantitative estimate of drug-likeness (QED) is 0.791. The standard InChI is InChI=1S/C13H16O2S/c1-10-7-8-13(9-12(10)13)16(14,15)11-5-3-2-4-6-11/h2-6,10,12H,7-9H2,1H3/t10-,12+,13-/m1/s1. The maximum absolute atomic E-state index is 12.5. The second kappa shape index (κ2) is 3.10. The summed E-state index contributed by atoms with van der Waals surface area (Å²) in [4.78, 5) is 0.506. The lowest BCUT2D eigenvalue weighted by atomic mass is 10.1. The molecule has 1 aromatic carbocycles. The SMILES string of the molecule is C[C@@H]1CC[C@@]2(S(=O)(=O)c3ccccc3)C[C@@H]12. The second-order valence-corrected chi connectivity index (χ2v) is 7.50. The van der Waals surface area contributed by atoms with E-state index in [0.29, 0.717) is 16.7 Å². The van der Waals surface area contributed by atoms with Crippen LogP contribution in [0, 0.1) is 11.8 Å². The Balaban J connectivity index is 2.03. The van der Waals surface area contributed by atoms with Gasteiger partial charge in [0.05, 0.1) is 9.64 Å². The maximum Gasteiger partial charge on any atom is 0.184 e. The second-order valence-electron chi connectivity index (χ2n) is 5.21. The topological polar surface area (TPSA) is 34.1 Å². The van der Waals surface area contributed by atoms with Gasteiger partial charge < -0.3 is 0 Å². The van der Waals surface area contributed by atoms with E-state index in [1.165, 1.54) is 0 Å². The van der Waals surface area contributed by atoms with Crippen molar-refractivity contribution in [1.82, 2.24) is 0 Å². The minimum absolute atomic E-state index is 0.395. The largest absolute Gasteiger partial charge is 0.223 e. The first-order valence-corrected chi connectivity index (χ1v) is 7.36. The molecule has 0 saturated heterocycles. The van der Waals surface area contributed by atoms with E-state index < -0.39 is 14.6 Å². The van der Waals surface area contributed by atoms with E-state index >= 15 is 0 Å². The molecule has 3 heteroatoms. The number of fused-ring (bicyclic) bond motifs is 1. The molecule has 0 N–H and O–H groups in total. The van der Waals surface area contributed by atoms with Crippen molar-refractivity contribution in [3.63, 3.8) is 0 Å². The van der Waals surface area contributed by atoms with Crippen LogP contribution in [0.1, 0.15) is 26.2 Å². The highest BCUT2D eigenvalue weighted by Gasteiger charge is 2.68. The average molecular weight is 236 g/mol. The van der Waals surface area contributed by atoms with Crippen LogP contribution in [0.15, 0.2) is 35.2 Å². The molecule has 0 aromatic heterocycles. The van der Waals surface area contributed by atoms with Crippen molar-refractivity contribution in [1.29, 1.82) is 0 Å². The third kappa shape index (κ3) is 1.15. The molecule has 0 amide bonds. The molecule has 0 unspecified atom stereocenters. The van der Waals surface area contributed by atoms with E-state index in [2.05, 4.69) is 6.92 Å². The molecule has 0 spiro atoms. The predicted molar refractivity (Wildman–Crippen MR) is 62.9 cm³/mol. The molecule has 2 saturated carbocycles. The van der Waals surface area contributed by atoms with Crippen LogP contribution in [0.3, 0.4) is 0 Å². The van der Waals surface area contributed by atoms with Crippen molar-refractivity contribution in [3.05, 3.63) is 30.3 Å². The van der Waals surface area contributed by atoms with E-state index in [0.717, 1.165) is 19.3 Å². The van der Waals surface area contributed by atoms with Gasteiger partial charge in [-0.15, -0.1) is 0 Å². The fourth-order valence-electron chi connectivity index (χ4n) is 3.27. The van der Waals surface area contributed by atoms with Crippen molar-refractivity contribution < 1.29 is 8.42 Å². The molecule has 1 aromatic rings. The Hall–Kier alpha value is -0.830. The van der Waals surface area contributed by atoms with Gasteiger partial charge in [-0.1, -0.05) is 25.1 Å². The fraction of sp³-hybridized carbons (Fsp3) is 0.538. The number of sulfone groups is 1. The first-order chi connectivity index (χ1) is 7.58. The van der Waals surface area contributed by atoms with Crippen molar-refractivity contribution >= 4 is 9.84 Å². The normalized spacial score (nSPS) is 37.1. The van der Waals surface area contributed by atoms with Crippen molar-refractivity contribution in [2.45, 2.75) is 35.8 Å². The third-order valence-electron chi connectivity index (χ3n) is 4.38. The highest BCUT2D eigenvalue weighted by molar-refractivity contribution is 7.93. The smallest absolute Gasteiger partial charge is 0.184 e. The van der Waals surface area contributed by atoms with Gasteiger partial charge in [-0.25, -0.2) is 8.42 Å². The molecule has 2 fully saturated rings. The molecule has 0 aliphatic heterocycles. The van der Waals surface area contributed by atoms with Gasteiger partial charge in [-0.05, 0) is 43.2 Å². The Morgan fingerprint density at radius 3 is 2.44 bits per heavy atom. The Bertz CT molecular complexity index is 506. The Labute approximate surface area is 96.6 Å². The monoisotopic (exact) mass is 236 g/mol. The summed E-state index contributed by atoms with van der Waals surface area (Å²) in [7, 11) is -3.10. The van der Waals surface area contributed by atoms with Crippen LogP contribution >= 0.6 is 0 Å². The lowest BCUT2D eigenvalue weighted by Gasteiger charge is -2.13. The van der Waals surface area contributed by atoms with Crippen LogP contribution in [0.25, 0.3) is 0 Å². The van der Waals surface area contributed by atoms with Crippen LogP contribution in [-0.4, -0.2) is 13.2 Å². The summed E-state index contributed by atoms with van der Waals surface area (Å²) in [5, 5.41) is 0. The van der Waals surface area contributed by atoms with E-state index in [9.17, 15) is 8.42 Å². The van der Waals surface area contributed by atoms with E-state index in [-0.39, 0.29) is 0 Å². The van der Waals surface area contributed by atoms with E-state index in [4.69, 9.17) is 0 Å². The molecule has 3 rings (SSSR count). The van der Waals surface area contributed by atoms with Crippen LogP contribution in [-0.2, 0) is 9.84 Å². The first-order valence-electron chi connectivity index (χ1n) is 5.88. The number of rotatable bonds is 2. The van der Waals surface area contributed by atoms with Gasteiger partial charge in [-0.2, -0.15) is 0 Å². The summed E-state index contributed by atoms with van der Waals surface area (Å²) in [5.41, 5.74) is 0. The molecular weight excluding hydrogens is 220 g/mol. The Morgan fingerprint density at radius 2 is 1.94 bits per heavy atom. The molecule has 86 valence electrons. The zero-order chi connectivity index (χ0) is 11.4. The molecule has 2 nitrogen and oxygen atoms in total. The van der Waals surface area contributed by atoms with Crippen LogP contribution in [0.4, 0.5) is 0 Å². The summed E-state index contributed by atoms with van der Waals surface area (Å²) in [6.45, 7) is 2.18. The molecular formula is C13H16O2S. The average Bonchev–Trinajstić information content (AvgIpc) is 2.96. The minimum Gasteiger partial charge on any atom is -0.223 e. The van der Waals surface area contributed by atoms with Gasteiger partial charge in [0.2, 0.25) is 0 Å². The molecule has 2 aliphatic rings. The highest BCUT2D eigenvalue weighted by atomic mass is 32.2. The zero-order valence-corrected chi connectivity index (χ0v) is 10.2. The number of hydrogen-bond acceptors (Lipinski definition) is 2. The molecule has 16 heavy (non-hydrogen) atoms. The third-order valence-corrected chi connectivity index (χ3v) is 7.02. The van der Waals surface area contributed by atoms with Crippen LogP contribution in [0.2, 0.25) is 0 Å². The lowest BCUT2D eigenvalue weighted by Crippen LogP contribution is -2.23. The van der Waals surface area contributed by atoms with Gasteiger partial charge >= 0.3 is 0 Å². The summed E-state index contributed by atoms with van der Waals surface area (Å²) < 4.78 is 24.7. The minimum atomic E-state index is -3.10. The van der Waals surface area contributed by atoms with Gasteiger partial charge in [0.1, 0.15) is 0 Å². The highest BCUT2D eigenvalue weighted by Crippen LogP contribution is 2.64. The predicted octanol–water partition coefficient (Wildman–Crippen LogP) is 2.65. The van der Waals surface area contributed by atoms with Crippen LogP contribution in [0.5, 0.6) is 0 Å². The Kier molecular flexibility index (Phi) is 2.00. The zero-order valence-electron chi connectivity index (χ0n) is 9.39. The summed E-state index contributed by atoms with van der Waals surface area (Å²) in [5.74, 6) is 0.996. The van der Waals surface area contributed by atoms with Gasteiger partial charge in [0.25, 0.3) is 0 Å². The van der Waals surface area contributed by atoms with Crippen molar-refractivity contribution in [2.75, 3.05) is 0 Å². The molecule has 0 bridgehead atoms. The first kappa shape index (κ1) is 10.3. The van der Waals surface area contributed by atoms with Gasteiger partial charge in [0.15, 0.2) is 9.84 Å². The summed E-state index contributed by atoms with van der Waals surface area (Å²) >= 11 is 0. The Morgan fingerprint density at radius 1 is 1.25 bits per heavy atom. The molecule has 0 radical (unpaired) electrons. The van der Waals surface area contributed by atoms with E-state index in [1.807, 2.05) is 6.07 Å². The molecule has 2 aliphatic carbocycles. The van der Waals surface area contributed by atoms with Gasteiger partial charge in [0, 0.05) is 0 Å². The van der Waals surface area contributed by atoms with Gasteiger partial charge in [-0.3, -0.25) is 0 Å². The lowest BCUT2D eigenvalue weighted by molar-refractivity contribution is 0.530. The van der Waals surface area contributed by atoms with Crippen molar-refractivity contribution in [2.24, 2.45) is 11.8 Å². The molecule has 3 atom stereocenters. The van der Waals surface area contributed by atoms with Crippen LogP contribution < -0.4 is 0 Å². The summed E-state index contributed by atoms with van der Waals surface area (Å²) in [6, 6.07) is 8.92. The number of hydrogen-bond donors (Lipinski definition) is 0. The van der Waals surface area contributed by atoms with E-state index in [1.54, 1.807) is 24.3 Å². The molecule has 0 heterocycles. The van der Waals surface area contributed by atoms with Crippen molar-refractivity contribution in [3.8, 4) is 0 Å².